The zero-order chi connectivity index (χ0) is 14.0. The number of benzene rings is 1. The van der Waals surface area contributed by atoms with Crippen molar-refractivity contribution >= 4 is 0 Å². The second-order valence-electron chi connectivity index (χ2n) is 3.85. The summed E-state index contributed by atoms with van der Waals surface area (Å²) in [6, 6.07) is 8.26. The van der Waals surface area contributed by atoms with Gasteiger partial charge in [-0.25, -0.2) is 0 Å². The quantitative estimate of drug-likeness (QED) is 0.755. The number of aromatic nitrogens is 3. The minimum absolute atomic E-state index is 0.919. The number of rotatable bonds is 1. The molecule has 0 aliphatic rings. The summed E-state index contributed by atoms with van der Waals surface area (Å²) in [7, 11) is 1.87. The molecule has 0 N–H and O–H groups in total. The summed E-state index contributed by atoms with van der Waals surface area (Å²) in [5.41, 5.74) is 3.29. The fourth-order valence-corrected chi connectivity index (χ4v) is 1.20. The number of hydrogen-bond acceptors (Lipinski definition) is 2. The summed E-state index contributed by atoms with van der Waals surface area (Å²) >= 11 is 0. The van der Waals surface area contributed by atoms with Crippen LogP contribution in [0.2, 0.25) is 0 Å². The molecular weight excluding hydrogens is 222 g/mol. The van der Waals surface area contributed by atoms with Crippen LogP contribution < -0.4 is 0 Å². The Morgan fingerprint density at radius 1 is 1.06 bits per heavy atom. The zero-order valence-corrected chi connectivity index (χ0v) is 12.4. The Hall–Kier alpha value is -1.64. The standard InChI is InChI=1S/C10H11N3.C3H8.C2H6/c1-8-3-5-9(6-4-8)10-7-13(2)12-11-10;1-3-2;1-2/h3-7H,1-2H3;3H2,1-2H3;1-2H3. The van der Waals surface area contributed by atoms with Gasteiger partial charge in [-0.3, -0.25) is 4.68 Å². The van der Waals surface area contributed by atoms with E-state index in [2.05, 4.69) is 55.3 Å². The SMILES string of the molecule is CC.CCC.Cc1ccc(-c2cn(C)nn2)cc1. The highest BCUT2D eigenvalue weighted by Crippen LogP contribution is 2.15. The molecule has 3 heteroatoms. The van der Waals surface area contributed by atoms with Crippen LogP contribution in [0.3, 0.4) is 0 Å². The smallest absolute Gasteiger partial charge is 0.113 e. The van der Waals surface area contributed by atoms with Gasteiger partial charge in [-0.2, -0.15) is 0 Å². The van der Waals surface area contributed by atoms with Gasteiger partial charge in [-0.05, 0) is 6.92 Å². The summed E-state index contributed by atoms with van der Waals surface area (Å²) in [6.45, 7) is 10.3. The number of aryl methyl sites for hydroxylation is 2. The molecule has 1 aromatic carbocycles. The largest absolute Gasteiger partial charge is 0.255 e. The highest BCUT2D eigenvalue weighted by molar-refractivity contribution is 5.57. The average molecular weight is 247 g/mol. The van der Waals surface area contributed by atoms with Crippen LogP contribution in [0.1, 0.15) is 39.7 Å². The van der Waals surface area contributed by atoms with E-state index in [9.17, 15) is 0 Å². The lowest BCUT2D eigenvalue weighted by Crippen LogP contribution is -1.85. The Morgan fingerprint density at radius 2 is 1.56 bits per heavy atom. The first-order chi connectivity index (χ1) is 8.67. The van der Waals surface area contributed by atoms with E-state index in [0.717, 1.165) is 11.3 Å². The molecular formula is C15H25N3. The zero-order valence-electron chi connectivity index (χ0n) is 12.4. The van der Waals surface area contributed by atoms with E-state index >= 15 is 0 Å². The Labute approximate surface area is 111 Å². The fourth-order valence-electron chi connectivity index (χ4n) is 1.20. The summed E-state index contributed by atoms with van der Waals surface area (Å²) < 4.78 is 1.70. The van der Waals surface area contributed by atoms with Gasteiger partial charge in [-0.1, -0.05) is 69.2 Å². The van der Waals surface area contributed by atoms with E-state index in [4.69, 9.17) is 0 Å². The molecule has 0 amide bonds. The fraction of sp³-hybridized carbons (Fsp3) is 0.467. The monoisotopic (exact) mass is 247 g/mol. The normalized spacial score (nSPS) is 8.78. The van der Waals surface area contributed by atoms with Crippen LogP contribution in [0.15, 0.2) is 30.5 Å². The average Bonchev–Trinajstić information content (AvgIpc) is 2.80. The van der Waals surface area contributed by atoms with Crippen molar-refractivity contribution in [2.24, 2.45) is 7.05 Å². The topological polar surface area (TPSA) is 30.7 Å². The minimum Gasteiger partial charge on any atom is -0.255 e. The molecule has 18 heavy (non-hydrogen) atoms. The Bertz CT molecular complexity index is 416. The van der Waals surface area contributed by atoms with Crippen LogP contribution in [0, 0.1) is 6.92 Å². The summed E-state index contributed by atoms with van der Waals surface area (Å²) in [5.74, 6) is 0. The van der Waals surface area contributed by atoms with E-state index in [1.165, 1.54) is 12.0 Å². The Morgan fingerprint density at radius 3 is 1.94 bits per heavy atom. The van der Waals surface area contributed by atoms with Crippen molar-refractivity contribution in [3.05, 3.63) is 36.0 Å². The van der Waals surface area contributed by atoms with Gasteiger partial charge in [0, 0.05) is 12.6 Å². The molecule has 0 saturated heterocycles. The molecule has 2 rings (SSSR count). The molecule has 1 aromatic heterocycles. The van der Waals surface area contributed by atoms with E-state index in [0.29, 0.717) is 0 Å². The first kappa shape index (κ1) is 16.4. The minimum atomic E-state index is 0.919. The third kappa shape index (κ3) is 5.62. The summed E-state index contributed by atoms with van der Waals surface area (Å²) in [6.07, 6.45) is 3.16. The van der Waals surface area contributed by atoms with E-state index in [1.54, 1.807) is 4.68 Å². The molecule has 0 bridgehead atoms. The lowest BCUT2D eigenvalue weighted by Gasteiger charge is -1.95. The number of nitrogens with zero attached hydrogens (tertiary/aromatic N) is 3. The molecule has 0 aliphatic heterocycles. The maximum Gasteiger partial charge on any atom is 0.113 e. The van der Waals surface area contributed by atoms with Gasteiger partial charge in [0.1, 0.15) is 5.69 Å². The van der Waals surface area contributed by atoms with Gasteiger partial charge < -0.3 is 0 Å². The van der Waals surface area contributed by atoms with E-state index in [-0.39, 0.29) is 0 Å². The molecule has 100 valence electrons. The van der Waals surface area contributed by atoms with Gasteiger partial charge in [0.2, 0.25) is 0 Å². The lowest BCUT2D eigenvalue weighted by molar-refractivity contribution is 0.715. The predicted octanol–water partition coefficient (Wildman–Crippen LogP) is 4.23. The van der Waals surface area contributed by atoms with Crippen molar-refractivity contribution in [1.82, 2.24) is 15.0 Å². The molecule has 0 fully saturated rings. The molecule has 0 radical (unpaired) electrons. The summed E-state index contributed by atoms with van der Waals surface area (Å²) in [5, 5.41) is 7.91. The van der Waals surface area contributed by atoms with Crippen molar-refractivity contribution in [3.63, 3.8) is 0 Å². The molecule has 2 aromatic rings. The van der Waals surface area contributed by atoms with Gasteiger partial charge in [0.25, 0.3) is 0 Å². The maximum absolute atomic E-state index is 4.03. The van der Waals surface area contributed by atoms with Crippen molar-refractivity contribution in [2.75, 3.05) is 0 Å². The van der Waals surface area contributed by atoms with Crippen LogP contribution in [-0.2, 0) is 7.05 Å². The van der Waals surface area contributed by atoms with Crippen molar-refractivity contribution in [2.45, 2.75) is 41.0 Å². The van der Waals surface area contributed by atoms with Gasteiger partial charge in [0.05, 0.1) is 6.20 Å². The Kier molecular flexibility index (Phi) is 8.54. The second-order valence-corrected chi connectivity index (χ2v) is 3.85. The molecule has 0 aliphatic carbocycles. The molecule has 3 nitrogen and oxygen atoms in total. The van der Waals surface area contributed by atoms with Crippen LogP contribution in [0.5, 0.6) is 0 Å². The van der Waals surface area contributed by atoms with Crippen LogP contribution in [-0.4, -0.2) is 15.0 Å². The highest BCUT2D eigenvalue weighted by atomic mass is 15.4. The van der Waals surface area contributed by atoms with Gasteiger partial charge >= 0.3 is 0 Å². The summed E-state index contributed by atoms with van der Waals surface area (Å²) in [4.78, 5) is 0. The van der Waals surface area contributed by atoms with E-state index < -0.39 is 0 Å². The third-order valence-electron chi connectivity index (χ3n) is 1.95. The van der Waals surface area contributed by atoms with Gasteiger partial charge in [0.15, 0.2) is 0 Å². The van der Waals surface area contributed by atoms with E-state index in [1.807, 2.05) is 27.1 Å². The van der Waals surface area contributed by atoms with Crippen LogP contribution >= 0.6 is 0 Å². The maximum atomic E-state index is 4.03. The molecule has 0 spiro atoms. The molecule has 0 unspecified atom stereocenters. The molecule has 1 heterocycles. The van der Waals surface area contributed by atoms with Crippen molar-refractivity contribution < 1.29 is 0 Å². The lowest BCUT2D eigenvalue weighted by atomic mass is 10.1. The van der Waals surface area contributed by atoms with Crippen molar-refractivity contribution in [1.29, 1.82) is 0 Å². The first-order valence-electron chi connectivity index (χ1n) is 6.60. The Balaban J connectivity index is 0.000000509. The van der Waals surface area contributed by atoms with Crippen molar-refractivity contribution in [3.8, 4) is 11.3 Å². The molecule has 0 atom stereocenters. The predicted molar refractivity (Wildman–Crippen MR) is 78.5 cm³/mol. The second kappa shape index (κ2) is 9.40. The highest BCUT2D eigenvalue weighted by Gasteiger charge is 2.00. The third-order valence-corrected chi connectivity index (χ3v) is 1.95. The van der Waals surface area contributed by atoms with Crippen LogP contribution in [0.4, 0.5) is 0 Å². The van der Waals surface area contributed by atoms with Crippen LogP contribution in [0.25, 0.3) is 11.3 Å². The van der Waals surface area contributed by atoms with Gasteiger partial charge in [-0.15, -0.1) is 5.10 Å². The molecule has 0 saturated carbocycles. The number of hydrogen-bond donors (Lipinski definition) is 0. The first-order valence-corrected chi connectivity index (χ1v) is 6.60.